The van der Waals surface area contributed by atoms with Crippen molar-refractivity contribution in [3.63, 3.8) is 0 Å². The molecule has 0 spiro atoms. The van der Waals surface area contributed by atoms with Gasteiger partial charge in [0, 0.05) is 24.3 Å². The highest BCUT2D eigenvalue weighted by molar-refractivity contribution is 7.98. The van der Waals surface area contributed by atoms with Gasteiger partial charge in [0.2, 0.25) is 10.0 Å². The number of amides is 1. The quantitative estimate of drug-likeness (QED) is 0.186. The average molecular weight is 632 g/mol. The van der Waals surface area contributed by atoms with Crippen LogP contribution in [0.5, 0.6) is 0 Å². The number of anilines is 1. The summed E-state index contributed by atoms with van der Waals surface area (Å²) in [6.07, 6.45) is 2.40. The number of aryl methyl sites for hydroxylation is 1. The molecule has 1 atom stereocenters. The molecule has 0 aliphatic heterocycles. The zero-order valence-corrected chi connectivity index (χ0v) is 26.7. The summed E-state index contributed by atoms with van der Waals surface area (Å²) in [7, 11) is -2.51. The number of methoxy groups -OCH3 is 1. The van der Waals surface area contributed by atoms with Gasteiger partial charge in [-0.05, 0) is 89.6 Å². The lowest BCUT2D eigenvalue weighted by atomic mass is 9.93. The Morgan fingerprint density at radius 2 is 1.55 bits per heavy atom. The third-order valence-electron chi connectivity index (χ3n) is 7.29. The summed E-state index contributed by atoms with van der Waals surface area (Å²) >= 11 is 1.59. The number of thioether (sulfide) groups is 1. The molecule has 0 fully saturated rings. The monoisotopic (exact) mass is 631 g/mol. The van der Waals surface area contributed by atoms with E-state index in [4.69, 9.17) is 9.88 Å². The van der Waals surface area contributed by atoms with E-state index >= 15 is 0 Å². The molecule has 0 heterocycles. The summed E-state index contributed by atoms with van der Waals surface area (Å²) < 4.78 is 28.7. The first-order chi connectivity index (χ1) is 21.1. The van der Waals surface area contributed by atoms with E-state index < -0.39 is 22.0 Å². The Morgan fingerprint density at radius 1 is 0.886 bits per heavy atom. The van der Waals surface area contributed by atoms with E-state index in [2.05, 4.69) is 10.2 Å². The Hall–Kier alpha value is -4.12. The maximum Gasteiger partial charge on any atom is 0.328 e. The van der Waals surface area contributed by atoms with E-state index in [1.165, 1.54) is 19.2 Å². The molecule has 0 unspecified atom stereocenters. The highest BCUT2D eigenvalue weighted by Crippen LogP contribution is 2.30. The number of rotatable bonds is 13. The van der Waals surface area contributed by atoms with Crippen molar-refractivity contribution in [2.45, 2.75) is 37.4 Å². The van der Waals surface area contributed by atoms with Crippen LogP contribution in [0.4, 0.5) is 5.69 Å². The third-order valence-corrected chi connectivity index (χ3v) is 8.86. The largest absolute Gasteiger partial charge is 0.467 e. The van der Waals surface area contributed by atoms with Gasteiger partial charge in [0.05, 0.1) is 12.0 Å². The Bertz CT molecular complexity index is 1690. The lowest BCUT2D eigenvalue weighted by Gasteiger charge is -2.26. The molecule has 1 amide bonds. The summed E-state index contributed by atoms with van der Waals surface area (Å²) in [5.74, 6) is -0.142. The maximum absolute atomic E-state index is 13.7. The number of sulfonamides is 1. The van der Waals surface area contributed by atoms with Crippen molar-refractivity contribution in [3.05, 3.63) is 119 Å². The minimum Gasteiger partial charge on any atom is -0.467 e. The summed E-state index contributed by atoms with van der Waals surface area (Å²) in [5.41, 5.74) is 5.95. The van der Waals surface area contributed by atoms with Gasteiger partial charge < -0.3 is 15.0 Å². The summed E-state index contributed by atoms with van der Waals surface area (Å²) in [6.45, 7) is 3.03. The second-order valence-corrected chi connectivity index (χ2v) is 13.0. The fourth-order valence-corrected chi connectivity index (χ4v) is 5.94. The van der Waals surface area contributed by atoms with E-state index in [0.717, 1.165) is 33.5 Å². The van der Waals surface area contributed by atoms with Crippen LogP contribution in [0.1, 0.15) is 33.5 Å². The van der Waals surface area contributed by atoms with Gasteiger partial charge in [-0.3, -0.25) is 4.79 Å². The Balaban J connectivity index is 1.73. The average Bonchev–Trinajstić information content (AvgIpc) is 3.02. The Labute approximate surface area is 263 Å². The highest BCUT2D eigenvalue weighted by atomic mass is 32.2. The van der Waals surface area contributed by atoms with Crippen molar-refractivity contribution in [1.29, 1.82) is 0 Å². The molecule has 4 rings (SSSR count). The van der Waals surface area contributed by atoms with Gasteiger partial charge in [-0.25, -0.2) is 18.4 Å². The first-order valence-corrected chi connectivity index (χ1v) is 17.0. The van der Waals surface area contributed by atoms with Crippen LogP contribution < -0.4 is 15.4 Å². The number of nitrogens with two attached hydrogens (primary N) is 1. The SMILES string of the molecule is COC(=O)[C@H](CCSC)NC(=O)c1ccc(CN(Cc2ccccc2)c2ccc(S(N)(=O)=O)cc2)cc1-c1ccccc1C. The van der Waals surface area contributed by atoms with E-state index in [0.29, 0.717) is 30.8 Å². The van der Waals surface area contributed by atoms with Gasteiger partial charge in [0.1, 0.15) is 6.04 Å². The van der Waals surface area contributed by atoms with Gasteiger partial charge >= 0.3 is 5.97 Å². The molecule has 44 heavy (non-hydrogen) atoms. The number of carbonyl (C=O) groups is 2. The number of ether oxygens (including phenoxy) is 1. The second kappa shape index (κ2) is 15.1. The highest BCUT2D eigenvalue weighted by Gasteiger charge is 2.24. The number of esters is 1. The molecule has 230 valence electrons. The summed E-state index contributed by atoms with van der Waals surface area (Å²) in [6, 6.07) is 29.3. The predicted octanol–water partition coefficient (Wildman–Crippen LogP) is 5.54. The van der Waals surface area contributed by atoms with Gasteiger partial charge in [-0.2, -0.15) is 11.8 Å². The van der Waals surface area contributed by atoms with Crippen molar-refractivity contribution in [2.24, 2.45) is 5.14 Å². The van der Waals surface area contributed by atoms with E-state index in [9.17, 15) is 18.0 Å². The number of nitrogens with zero attached hydrogens (tertiary/aromatic N) is 1. The number of hydrogen-bond donors (Lipinski definition) is 2. The van der Waals surface area contributed by atoms with Crippen LogP contribution in [0.3, 0.4) is 0 Å². The van der Waals surface area contributed by atoms with Gasteiger partial charge in [0.15, 0.2) is 0 Å². The van der Waals surface area contributed by atoms with Crippen LogP contribution in [0.15, 0.2) is 102 Å². The lowest BCUT2D eigenvalue weighted by Crippen LogP contribution is -2.42. The summed E-state index contributed by atoms with van der Waals surface area (Å²) in [5, 5.41) is 8.22. The lowest BCUT2D eigenvalue weighted by molar-refractivity contribution is -0.142. The molecular formula is C34H37N3O5S2. The Morgan fingerprint density at radius 3 is 2.18 bits per heavy atom. The normalized spacial score (nSPS) is 11.9. The number of nitrogens with one attached hydrogen (secondary N) is 1. The molecule has 3 N–H and O–H groups in total. The van der Waals surface area contributed by atoms with Crippen LogP contribution in [0, 0.1) is 6.92 Å². The zero-order valence-electron chi connectivity index (χ0n) is 25.0. The molecule has 0 radical (unpaired) electrons. The van der Waals surface area contributed by atoms with E-state index in [-0.39, 0.29) is 10.8 Å². The zero-order chi connectivity index (χ0) is 31.7. The summed E-state index contributed by atoms with van der Waals surface area (Å²) in [4.78, 5) is 28.3. The minimum absolute atomic E-state index is 0.0425. The molecular weight excluding hydrogens is 595 g/mol. The minimum atomic E-state index is -3.82. The van der Waals surface area contributed by atoms with Crippen LogP contribution >= 0.6 is 11.8 Å². The smallest absolute Gasteiger partial charge is 0.328 e. The number of primary sulfonamides is 1. The fraction of sp³-hybridized carbons (Fsp3) is 0.235. The first kappa shape index (κ1) is 32.8. The molecule has 4 aromatic rings. The van der Waals surface area contributed by atoms with Crippen molar-refractivity contribution < 1.29 is 22.7 Å². The van der Waals surface area contributed by atoms with Crippen molar-refractivity contribution in [2.75, 3.05) is 24.0 Å². The maximum atomic E-state index is 13.7. The number of carbonyl (C=O) groups excluding carboxylic acids is 2. The molecule has 0 aliphatic rings. The van der Waals surface area contributed by atoms with Gasteiger partial charge in [0.25, 0.3) is 5.91 Å². The second-order valence-electron chi connectivity index (χ2n) is 10.4. The Kier molecular flexibility index (Phi) is 11.2. The molecule has 4 aromatic carbocycles. The molecule has 0 aliphatic carbocycles. The number of benzene rings is 4. The molecule has 0 saturated carbocycles. The molecule has 10 heteroatoms. The van der Waals surface area contributed by atoms with Crippen LogP contribution in [0.25, 0.3) is 11.1 Å². The molecule has 8 nitrogen and oxygen atoms in total. The van der Waals surface area contributed by atoms with Gasteiger partial charge in [-0.1, -0.05) is 60.7 Å². The predicted molar refractivity (Wildman–Crippen MR) is 177 cm³/mol. The number of hydrogen-bond acceptors (Lipinski definition) is 7. The van der Waals surface area contributed by atoms with Gasteiger partial charge in [-0.15, -0.1) is 0 Å². The fourth-order valence-electron chi connectivity index (χ4n) is 4.96. The van der Waals surface area contributed by atoms with Crippen LogP contribution in [0.2, 0.25) is 0 Å². The van der Waals surface area contributed by atoms with Crippen molar-refractivity contribution >= 4 is 39.3 Å². The molecule has 0 aromatic heterocycles. The first-order valence-electron chi connectivity index (χ1n) is 14.1. The van der Waals surface area contributed by atoms with Crippen LogP contribution in [-0.2, 0) is 32.6 Å². The van der Waals surface area contributed by atoms with Crippen molar-refractivity contribution in [1.82, 2.24) is 5.32 Å². The molecule has 0 bridgehead atoms. The third kappa shape index (κ3) is 8.49. The molecule has 0 saturated heterocycles. The van der Waals surface area contributed by atoms with E-state index in [1.807, 2.05) is 79.9 Å². The topological polar surface area (TPSA) is 119 Å². The standard InChI is InChI=1S/C34H37N3O5S2/c1-24-9-7-8-12-29(24)31-21-26(13-18-30(31)33(38)36-32(19-20-43-3)34(39)42-2)23-37(22-25-10-5-4-6-11-25)27-14-16-28(17-15-27)44(35,40)41/h4-18,21,32H,19-20,22-23H2,1-3H3,(H,36,38)(H2,35,40,41)/t32-/m0/s1. The van der Waals surface area contributed by atoms with Crippen molar-refractivity contribution in [3.8, 4) is 11.1 Å². The van der Waals surface area contributed by atoms with E-state index in [1.54, 1.807) is 30.0 Å². The van der Waals surface area contributed by atoms with Crippen LogP contribution in [-0.4, -0.2) is 45.5 Å².